The largest absolute Gasteiger partial charge is 0.330 e. The molecule has 0 aromatic rings. The van der Waals surface area contributed by atoms with Crippen LogP contribution in [-0.4, -0.2) is 33.8 Å². The second-order valence-electron chi connectivity index (χ2n) is 4.87. The molecule has 0 bridgehead atoms. The van der Waals surface area contributed by atoms with Gasteiger partial charge < -0.3 is 11.5 Å². The number of hydrogen-bond donors (Lipinski definition) is 2. The van der Waals surface area contributed by atoms with Crippen LogP contribution in [0.3, 0.4) is 0 Å². The van der Waals surface area contributed by atoms with Gasteiger partial charge >= 0.3 is 5.54 Å². The number of carbonyl (C=O) groups excluding carboxylic acids is 1. The number of nitrogens with zero attached hydrogens (tertiary/aromatic N) is 2. The Hall–Kier alpha value is -2.13. The Kier molecular flexibility index (Phi) is 5.68. The van der Waals surface area contributed by atoms with Crippen molar-refractivity contribution < 1.29 is 14.6 Å². The van der Waals surface area contributed by atoms with Gasteiger partial charge in [-0.1, -0.05) is 12.5 Å². The quantitative estimate of drug-likeness (QED) is 0.367. The van der Waals surface area contributed by atoms with E-state index in [0.717, 1.165) is 12.2 Å². The Bertz CT molecular complexity index is 502. The Morgan fingerprint density at radius 1 is 1.38 bits per heavy atom. The van der Waals surface area contributed by atoms with E-state index >= 15 is 0 Å². The fourth-order valence-corrected chi connectivity index (χ4v) is 2.17. The van der Waals surface area contributed by atoms with E-state index in [1.807, 2.05) is 0 Å². The summed E-state index contributed by atoms with van der Waals surface area (Å²) in [5.41, 5.74) is 8.42. The van der Waals surface area contributed by atoms with Crippen LogP contribution in [0, 0.1) is 20.2 Å². The van der Waals surface area contributed by atoms with Crippen molar-refractivity contribution in [3.05, 3.63) is 44.2 Å². The van der Waals surface area contributed by atoms with Crippen LogP contribution in [-0.2, 0) is 4.79 Å². The molecule has 1 aliphatic carbocycles. The summed E-state index contributed by atoms with van der Waals surface area (Å²) in [7, 11) is 0. The maximum atomic E-state index is 12.3. The van der Waals surface area contributed by atoms with Crippen molar-refractivity contribution in [1.29, 1.82) is 0 Å². The summed E-state index contributed by atoms with van der Waals surface area (Å²) in [6, 6.07) is -1.04. The molecule has 0 amide bonds. The lowest BCUT2D eigenvalue weighted by atomic mass is 9.82. The first-order valence-corrected chi connectivity index (χ1v) is 6.53. The fraction of sp³-hybridized carbons (Fsp3) is 0.583. The number of nitro groups is 2. The van der Waals surface area contributed by atoms with Gasteiger partial charge in [-0.15, -0.1) is 0 Å². The molecule has 9 nitrogen and oxygen atoms in total. The van der Waals surface area contributed by atoms with Gasteiger partial charge in [0.15, 0.2) is 0 Å². The van der Waals surface area contributed by atoms with Gasteiger partial charge in [0, 0.05) is 17.4 Å². The second kappa shape index (κ2) is 7.04. The van der Waals surface area contributed by atoms with E-state index in [-0.39, 0.29) is 12.8 Å². The maximum Gasteiger partial charge on any atom is 0.309 e. The Labute approximate surface area is 121 Å². The van der Waals surface area contributed by atoms with Crippen molar-refractivity contribution in [3.8, 4) is 0 Å². The molecular formula is C12H18N4O5. The number of allylic oxidation sites excluding steroid dienone is 1. The molecular weight excluding hydrogens is 280 g/mol. The molecule has 21 heavy (non-hydrogen) atoms. The first kappa shape index (κ1) is 16.9. The minimum atomic E-state index is -2.15. The number of Topliss-reactive ketones (excluding diaryl/α,β-unsaturated/α-hetero) is 1. The maximum absolute atomic E-state index is 12.3. The molecule has 0 saturated heterocycles. The molecule has 0 aromatic carbocycles. The van der Waals surface area contributed by atoms with Crippen molar-refractivity contribution in [2.75, 3.05) is 6.54 Å². The zero-order chi connectivity index (χ0) is 16.0. The van der Waals surface area contributed by atoms with E-state index in [0.29, 0.717) is 19.4 Å². The van der Waals surface area contributed by atoms with Crippen LogP contribution in [0.5, 0.6) is 0 Å². The average Bonchev–Trinajstić information content (AvgIpc) is 2.46. The number of nitrogens with two attached hydrogens (primary N) is 2. The van der Waals surface area contributed by atoms with E-state index in [9.17, 15) is 25.0 Å². The van der Waals surface area contributed by atoms with Gasteiger partial charge in [-0.3, -0.25) is 25.0 Å². The molecule has 1 aliphatic rings. The number of ketones is 1. The monoisotopic (exact) mass is 298 g/mol. The molecule has 9 heteroatoms. The summed E-state index contributed by atoms with van der Waals surface area (Å²) in [6.07, 6.45) is 4.44. The van der Waals surface area contributed by atoms with Crippen LogP contribution < -0.4 is 11.5 Å². The van der Waals surface area contributed by atoms with Gasteiger partial charge in [0.1, 0.15) is 0 Å². The smallest absolute Gasteiger partial charge is 0.309 e. The molecule has 0 radical (unpaired) electrons. The molecule has 0 spiro atoms. The SMILES string of the molecule is NCCCCC(N)C(=O)C1([N+](=O)[O-])C=C([N+](=O)[O-])C=CC1. The summed E-state index contributed by atoms with van der Waals surface area (Å²) in [4.78, 5) is 32.9. The van der Waals surface area contributed by atoms with Crippen LogP contribution in [0.1, 0.15) is 25.7 Å². The van der Waals surface area contributed by atoms with E-state index in [2.05, 4.69) is 0 Å². The predicted molar refractivity (Wildman–Crippen MR) is 74.4 cm³/mol. The standard InChI is InChI=1S/C12H18N4O5/c13-7-2-1-5-10(14)11(17)12(16(20)21)6-3-4-9(8-12)15(18)19/h3-4,8,10H,1-2,5-7,13-14H2. The van der Waals surface area contributed by atoms with Crippen LogP contribution in [0.15, 0.2) is 23.9 Å². The molecule has 116 valence electrons. The van der Waals surface area contributed by atoms with Gasteiger partial charge in [0.25, 0.3) is 5.70 Å². The van der Waals surface area contributed by atoms with Crippen LogP contribution in [0.2, 0.25) is 0 Å². The molecule has 0 aromatic heterocycles. The molecule has 0 saturated carbocycles. The topological polar surface area (TPSA) is 155 Å². The molecule has 2 unspecified atom stereocenters. The van der Waals surface area contributed by atoms with Gasteiger partial charge in [-0.2, -0.15) is 0 Å². The summed E-state index contributed by atoms with van der Waals surface area (Å²) in [6.45, 7) is 0.440. The van der Waals surface area contributed by atoms with E-state index in [4.69, 9.17) is 11.5 Å². The Morgan fingerprint density at radius 2 is 2.05 bits per heavy atom. The normalized spacial score (nSPS) is 22.5. The third-order valence-electron chi connectivity index (χ3n) is 3.37. The second-order valence-corrected chi connectivity index (χ2v) is 4.87. The Morgan fingerprint density at radius 3 is 2.57 bits per heavy atom. The lowest BCUT2D eigenvalue weighted by Crippen LogP contribution is -2.53. The van der Waals surface area contributed by atoms with Crippen LogP contribution in [0.4, 0.5) is 0 Å². The molecule has 2 atom stereocenters. The fourth-order valence-electron chi connectivity index (χ4n) is 2.17. The molecule has 4 N–H and O–H groups in total. The lowest BCUT2D eigenvalue weighted by Gasteiger charge is -2.23. The highest BCUT2D eigenvalue weighted by Gasteiger charge is 2.52. The van der Waals surface area contributed by atoms with E-state index < -0.39 is 32.9 Å². The van der Waals surface area contributed by atoms with Crippen molar-refractivity contribution in [3.63, 3.8) is 0 Å². The first-order chi connectivity index (χ1) is 9.85. The van der Waals surface area contributed by atoms with Gasteiger partial charge in [0.2, 0.25) is 5.78 Å². The summed E-state index contributed by atoms with van der Waals surface area (Å²) >= 11 is 0. The molecule has 0 fully saturated rings. The van der Waals surface area contributed by atoms with E-state index in [1.165, 1.54) is 6.08 Å². The zero-order valence-corrected chi connectivity index (χ0v) is 11.4. The number of carbonyl (C=O) groups is 1. The van der Waals surface area contributed by atoms with E-state index in [1.54, 1.807) is 0 Å². The van der Waals surface area contributed by atoms with Crippen LogP contribution >= 0.6 is 0 Å². The first-order valence-electron chi connectivity index (χ1n) is 6.53. The highest BCUT2D eigenvalue weighted by molar-refractivity contribution is 5.94. The van der Waals surface area contributed by atoms with Crippen molar-refractivity contribution in [2.24, 2.45) is 11.5 Å². The highest BCUT2D eigenvalue weighted by atomic mass is 16.6. The summed E-state index contributed by atoms with van der Waals surface area (Å²) in [5, 5.41) is 22.1. The number of rotatable bonds is 8. The minimum absolute atomic E-state index is 0.235. The average molecular weight is 298 g/mol. The minimum Gasteiger partial charge on any atom is -0.330 e. The van der Waals surface area contributed by atoms with Crippen LogP contribution in [0.25, 0.3) is 0 Å². The third kappa shape index (κ3) is 3.70. The summed E-state index contributed by atoms with van der Waals surface area (Å²) < 4.78 is 0. The predicted octanol–water partition coefficient (Wildman–Crippen LogP) is 0.148. The molecule has 0 aliphatic heterocycles. The molecule has 1 rings (SSSR count). The Balaban J connectivity index is 3.01. The van der Waals surface area contributed by atoms with Crippen molar-refractivity contribution in [2.45, 2.75) is 37.3 Å². The lowest BCUT2D eigenvalue weighted by molar-refractivity contribution is -0.539. The zero-order valence-electron chi connectivity index (χ0n) is 11.4. The summed E-state index contributed by atoms with van der Waals surface area (Å²) in [5.74, 6) is -0.812. The van der Waals surface area contributed by atoms with Crippen molar-refractivity contribution >= 4 is 5.78 Å². The highest BCUT2D eigenvalue weighted by Crippen LogP contribution is 2.28. The third-order valence-corrected chi connectivity index (χ3v) is 3.37. The van der Waals surface area contributed by atoms with Gasteiger partial charge in [-0.05, 0) is 19.4 Å². The van der Waals surface area contributed by atoms with Gasteiger partial charge in [0.05, 0.1) is 17.0 Å². The molecule has 0 heterocycles. The number of hydrogen-bond acceptors (Lipinski definition) is 7. The van der Waals surface area contributed by atoms with Gasteiger partial charge in [-0.25, -0.2) is 0 Å². The number of unbranched alkanes of at least 4 members (excludes halogenated alkanes) is 1. The van der Waals surface area contributed by atoms with Crippen molar-refractivity contribution in [1.82, 2.24) is 0 Å².